The normalized spacial score (nSPS) is 10.1. The van der Waals surface area contributed by atoms with Crippen molar-refractivity contribution in [1.82, 2.24) is 10.1 Å². The average Bonchev–Trinajstić information content (AvgIpc) is 2.97. The van der Waals surface area contributed by atoms with Gasteiger partial charge in [-0.05, 0) is 56.5 Å². The molecule has 0 aliphatic carbocycles. The highest BCUT2D eigenvalue weighted by atomic mass is 16.5. The molecule has 1 aromatic carbocycles. The maximum atomic E-state index is 12.2. The van der Waals surface area contributed by atoms with Gasteiger partial charge in [0.1, 0.15) is 11.5 Å². The van der Waals surface area contributed by atoms with E-state index in [0.717, 1.165) is 28.3 Å². The minimum absolute atomic E-state index is 0.0557. The summed E-state index contributed by atoms with van der Waals surface area (Å²) < 4.78 is 5.12. The third-order valence-electron chi connectivity index (χ3n) is 3.93. The first kappa shape index (κ1) is 17.4. The van der Waals surface area contributed by atoms with Gasteiger partial charge in [0.05, 0.1) is 5.69 Å². The van der Waals surface area contributed by atoms with Crippen molar-refractivity contribution < 1.29 is 9.32 Å². The van der Waals surface area contributed by atoms with Gasteiger partial charge < -0.3 is 9.84 Å². The van der Waals surface area contributed by atoms with Gasteiger partial charge in [0.15, 0.2) is 0 Å². The van der Waals surface area contributed by atoms with Crippen LogP contribution in [0.1, 0.15) is 34.7 Å². The number of benzene rings is 1. The van der Waals surface area contributed by atoms with Gasteiger partial charge in [-0.1, -0.05) is 23.2 Å². The van der Waals surface area contributed by atoms with Gasteiger partial charge >= 0.3 is 0 Å². The summed E-state index contributed by atoms with van der Waals surface area (Å²) in [5, 5.41) is 6.82. The highest BCUT2D eigenvalue weighted by Gasteiger charge is 2.11. The number of nitrogens with zero attached hydrogens (tertiary/aromatic N) is 2. The van der Waals surface area contributed by atoms with Gasteiger partial charge in [0.2, 0.25) is 5.91 Å². The van der Waals surface area contributed by atoms with Crippen molar-refractivity contribution in [3.8, 4) is 11.8 Å². The summed E-state index contributed by atoms with van der Waals surface area (Å²) in [6.07, 6.45) is 2.68. The number of hydrogen-bond donors (Lipinski definition) is 1. The fourth-order valence-electron chi connectivity index (χ4n) is 2.57. The average molecular weight is 345 g/mol. The minimum Gasteiger partial charge on any atom is -0.361 e. The van der Waals surface area contributed by atoms with E-state index in [9.17, 15) is 4.79 Å². The zero-order chi connectivity index (χ0) is 18.4. The topological polar surface area (TPSA) is 68.0 Å². The van der Waals surface area contributed by atoms with Crippen LogP contribution < -0.4 is 5.32 Å². The second-order valence-corrected chi connectivity index (χ2v) is 5.90. The first-order valence-electron chi connectivity index (χ1n) is 8.36. The maximum absolute atomic E-state index is 12.2. The number of hydrogen-bond acceptors (Lipinski definition) is 4. The lowest BCUT2D eigenvalue weighted by atomic mass is 10.1. The SMILES string of the molecule is Cc1noc(C)c1CCC(=O)Nc1cccc(C#Cc2ccccn2)c1. The van der Waals surface area contributed by atoms with Gasteiger partial charge in [0, 0.05) is 29.4 Å². The molecule has 0 saturated carbocycles. The summed E-state index contributed by atoms with van der Waals surface area (Å²) in [5.41, 5.74) is 4.08. The van der Waals surface area contributed by atoms with E-state index in [1.54, 1.807) is 6.20 Å². The number of carbonyl (C=O) groups excluding carboxylic acids is 1. The van der Waals surface area contributed by atoms with E-state index in [0.29, 0.717) is 18.5 Å². The Balaban J connectivity index is 1.62. The Hall–Kier alpha value is -3.39. The fourth-order valence-corrected chi connectivity index (χ4v) is 2.57. The number of aromatic nitrogens is 2. The lowest BCUT2D eigenvalue weighted by molar-refractivity contribution is -0.116. The summed E-state index contributed by atoms with van der Waals surface area (Å²) in [6.45, 7) is 3.74. The Labute approximate surface area is 152 Å². The van der Waals surface area contributed by atoms with Crippen LogP contribution in [0.5, 0.6) is 0 Å². The van der Waals surface area contributed by atoms with Crippen LogP contribution in [-0.2, 0) is 11.2 Å². The molecular formula is C21H19N3O2. The summed E-state index contributed by atoms with van der Waals surface area (Å²) in [6, 6.07) is 13.1. The molecule has 2 aromatic heterocycles. The zero-order valence-corrected chi connectivity index (χ0v) is 14.7. The minimum atomic E-state index is -0.0557. The van der Waals surface area contributed by atoms with Crippen molar-refractivity contribution in [2.24, 2.45) is 0 Å². The highest BCUT2D eigenvalue weighted by molar-refractivity contribution is 5.91. The quantitative estimate of drug-likeness (QED) is 0.733. The molecule has 0 saturated heterocycles. The Morgan fingerprint density at radius 1 is 1.15 bits per heavy atom. The van der Waals surface area contributed by atoms with Crippen molar-refractivity contribution in [3.63, 3.8) is 0 Å². The number of nitrogens with one attached hydrogen (secondary N) is 1. The van der Waals surface area contributed by atoms with Crippen LogP contribution in [0, 0.1) is 25.7 Å². The number of amides is 1. The summed E-state index contributed by atoms with van der Waals surface area (Å²) in [5.74, 6) is 6.78. The van der Waals surface area contributed by atoms with Crippen LogP contribution in [0.2, 0.25) is 0 Å². The molecule has 1 amide bonds. The molecule has 26 heavy (non-hydrogen) atoms. The molecule has 3 rings (SSSR count). The van der Waals surface area contributed by atoms with Crippen LogP contribution >= 0.6 is 0 Å². The van der Waals surface area contributed by atoms with Crippen LogP contribution in [0.4, 0.5) is 5.69 Å². The molecule has 0 aliphatic heterocycles. The molecule has 5 heteroatoms. The van der Waals surface area contributed by atoms with E-state index in [2.05, 4.69) is 27.3 Å². The van der Waals surface area contributed by atoms with Crippen LogP contribution in [0.15, 0.2) is 53.2 Å². The molecule has 1 N–H and O–H groups in total. The Morgan fingerprint density at radius 3 is 2.77 bits per heavy atom. The lowest BCUT2D eigenvalue weighted by Gasteiger charge is -2.05. The van der Waals surface area contributed by atoms with Crippen molar-refractivity contribution in [2.45, 2.75) is 26.7 Å². The predicted molar refractivity (Wildman–Crippen MR) is 99.6 cm³/mol. The fraction of sp³-hybridized carbons (Fsp3) is 0.190. The predicted octanol–water partition coefficient (Wildman–Crippen LogP) is 3.66. The van der Waals surface area contributed by atoms with E-state index in [4.69, 9.17) is 4.52 Å². The molecule has 0 bridgehead atoms. The number of carbonyl (C=O) groups is 1. The molecule has 130 valence electrons. The standard InChI is InChI=1S/C21H19N3O2/c1-15-20(16(2)26-24-15)11-12-21(25)23-19-8-5-6-17(14-19)9-10-18-7-3-4-13-22-18/h3-8,13-14H,11-12H2,1-2H3,(H,23,25). The monoisotopic (exact) mass is 345 g/mol. The summed E-state index contributed by atoms with van der Waals surface area (Å²) >= 11 is 0. The van der Waals surface area contributed by atoms with E-state index in [1.807, 2.05) is 56.3 Å². The Bertz CT molecular complexity index is 946. The van der Waals surface area contributed by atoms with Crippen molar-refractivity contribution in [2.75, 3.05) is 5.32 Å². The summed E-state index contributed by atoms with van der Waals surface area (Å²) in [7, 11) is 0. The van der Waals surface area contributed by atoms with E-state index < -0.39 is 0 Å². The largest absolute Gasteiger partial charge is 0.361 e. The van der Waals surface area contributed by atoms with Gasteiger partial charge in [-0.2, -0.15) is 0 Å². The Morgan fingerprint density at radius 2 is 2.04 bits per heavy atom. The second-order valence-electron chi connectivity index (χ2n) is 5.90. The lowest BCUT2D eigenvalue weighted by Crippen LogP contribution is -2.12. The van der Waals surface area contributed by atoms with Gasteiger partial charge in [-0.3, -0.25) is 4.79 Å². The molecule has 0 atom stereocenters. The van der Waals surface area contributed by atoms with Crippen LogP contribution in [-0.4, -0.2) is 16.0 Å². The molecule has 0 aliphatic rings. The van der Waals surface area contributed by atoms with Gasteiger partial charge in [0.25, 0.3) is 0 Å². The smallest absolute Gasteiger partial charge is 0.224 e. The summed E-state index contributed by atoms with van der Waals surface area (Å²) in [4.78, 5) is 16.4. The second kappa shape index (κ2) is 8.13. The first-order valence-corrected chi connectivity index (χ1v) is 8.36. The van der Waals surface area contributed by atoms with Gasteiger partial charge in [-0.25, -0.2) is 4.98 Å². The zero-order valence-electron chi connectivity index (χ0n) is 14.7. The van der Waals surface area contributed by atoms with Crippen molar-refractivity contribution in [1.29, 1.82) is 0 Å². The van der Waals surface area contributed by atoms with Crippen LogP contribution in [0.25, 0.3) is 0 Å². The Kier molecular flexibility index (Phi) is 5.45. The molecule has 2 heterocycles. The maximum Gasteiger partial charge on any atom is 0.224 e. The molecule has 3 aromatic rings. The third kappa shape index (κ3) is 4.58. The molecule has 0 spiro atoms. The third-order valence-corrected chi connectivity index (χ3v) is 3.93. The first-order chi connectivity index (χ1) is 12.6. The van der Waals surface area contributed by atoms with Crippen molar-refractivity contribution in [3.05, 3.63) is 76.9 Å². The number of aryl methyl sites for hydroxylation is 2. The van der Waals surface area contributed by atoms with Crippen molar-refractivity contribution >= 4 is 11.6 Å². The molecule has 5 nitrogen and oxygen atoms in total. The number of rotatable bonds is 4. The van der Waals surface area contributed by atoms with Gasteiger partial charge in [-0.15, -0.1) is 0 Å². The van der Waals surface area contributed by atoms with E-state index in [1.165, 1.54) is 0 Å². The highest BCUT2D eigenvalue weighted by Crippen LogP contribution is 2.15. The molecule has 0 radical (unpaired) electrons. The number of anilines is 1. The van der Waals surface area contributed by atoms with E-state index in [-0.39, 0.29) is 5.91 Å². The molecular weight excluding hydrogens is 326 g/mol. The van der Waals surface area contributed by atoms with Crippen LogP contribution in [0.3, 0.4) is 0 Å². The van der Waals surface area contributed by atoms with E-state index >= 15 is 0 Å². The molecule has 0 unspecified atom stereocenters. The number of pyridine rings is 1. The molecule has 0 fully saturated rings.